The molecule has 0 aliphatic carbocycles. The minimum Gasteiger partial charge on any atom is -0.228 e. The molecule has 0 bridgehead atoms. The van der Waals surface area contributed by atoms with E-state index in [0.29, 0.717) is 12.8 Å². The number of sulfone groups is 2. The van der Waals surface area contributed by atoms with Crippen molar-refractivity contribution in [1.29, 1.82) is 0 Å². The second-order valence-corrected chi connectivity index (χ2v) is 10.1. The highest BCUT2D eigenvalue weighted by Crippen LogP contribution is 2.24. The number of rotatable bonds is 7. The van der Waals surface area contributed by atoms with Gasteiger partial charge >= 0.3 is 0 Å². The molecule has 1 aliphatic heterocycles. The predicted octanol–water partition coefficient (Wildman–Crippen LogP) is 3.28. The molecule has 1 aromatic carbocycles. The van der Waals surface area contributed by atoms with Gasteiger partial charge in [-0.25, -0.2) is 16.8 Å². The van der Waals surface area contributed by atoms with Crippen LogP contribution in [0.15, 0.2) is 58.9 Å². The van der Waals surface area contributed by atoms with Crippen molar-refractivity contribution in [3.63, 3.8) is 0 Å². The molecule has 1 aromatic rings. The molecule has 0 aromatic heterocycles. The van der Waals surface area contributed by atoms with Gasteiger partial charge in [0, 0.05) is 5.41 Å². The molecule has 4 nitrogen and oxygen atoms in total. The molecule has 0 N–H and O–H groups in total. The van der Waals surface area contributed by atoms with Crippen LogP contribution in [0.1, 0.15) is 32.6 Å². The number of allylic oxidation sites excluding steroid dienone is 1. The third-order valence-corrected chi connectivity index (χ3v) is 7.90. The quantitative estimate of drug-likeness (QED) is 0.557. The lowest BCUT2D eigenvalue weighted by molar-refractivity contribution is 0.577. The van der Waals surface area contributed by atoms with E-state index in [2.05, 4.69) is 0 Å². The largest absolute Gasteiger partial charge is 0.228 e. The maximum Gasteiger partial charge on any atom is 0.199 e. The molecule has 6 heteroatoms. The smallest absolute Gasteiger partial charge is 0.199 e. The summed E-state index contributed by atoms with van der Waals surface area (Å²) >= 11 is 0. The van der Waals surface area contributed by atoms with E-state index in [0.717, 1.165) is 12.8 Å². The summed E-state index contributed by atoms with van der Waals surface area (Å²) in [6.45, 7) is 1.70. The Hall–Kier alpha value is -1.40. The second-order valence-electron chi connectivity index (χ2n) is 5.73. The second kappa shape index (κ2) is 7.45. The average Bonchev–Trinajstić information content (AvgIpc) is 2.78. The van der Waals surface area contributed by atoms with Crippen LogP contribution in [0.25, 0.3) is 0 Å². The summed E-state index contributed by atoms with van der Waals surface area (Å²) in [7, 11) is -6.42. The fourth-order valence-electron chi connectivity index (χ4n) is 2.53. The van der Waals surface area contributed by atoms with E-state index < -0.39 is 19.7 Å². The molecule has 1 aliphatic rings. The summed E-state index contributed by atoms with van der Waals surface area (Å²) < 4.78 is 47.9. The fourth-order valence-corrected chi connectivity index (χ4v) is 5.28. The summed E-state index contributed by atoms with van der Waals surface area (Å²) in [4.78, 5) is 0.285. The summed E-state index contributed by atoms with van der Waals surface area (Å²) in [5.74, 6) is 0. The van der Waals surface area contributed by atoms with Gasteiger partial charge in [-0.15, -0.1) is 0 Å². The Morgan fingerprint density at radius 2 is 1.78 bits per heavy atom. The standard InChI is InChI=1S/C17H22O4S2/c1-15-12-13-17(23(15,20)21)11-5-2-3-8-14-22(18,19)16-9-6-4-7-10-16/h4,6-10,12-15,17H,2-3,5,11H2,1H3/b14-8-/t15-,17+/m1/s1. The first-order chi connectivity index (χ1) is 10.8. The van der Waals surface area contributed by atoms with E-state index in [1.807, 2.05) is 0 Å². The minimum absolute atomic E-state index is 0.285. The van der Waals surface area contributed by atoms with Crippen LogP contribution < -0.4 is 0 Å². The highest BCUT2D eigenvalue weighted by Gasteiger charge is 2.32. The van der Waals surface area contributed by atoms with Gasteiger partial charge in [0.25, 0.3) is 0 Å². The van der Waals surface area contributed by atoms with Crippen LogP contribution in [-0.2, 0) is 19.7 Å². The van der Waals surface area contributed by atoms with Gasteiger partial charge in [-0.3, -0.25) is 0 Å². The first-order valence-corrected chi connectivity index (χ1v) is 10.9. The molecule has 0 amide bonds. The summed E-state index contributed by atoms with van der Waals surface area (Å²) in [6, 6.07) is 8.29. The van der Waals surface area contributed by atoms with Gasteiger partial charge in [-0.2, -0.15) is 0 Å². The Morgan fingerprint density at radius 1 is 1.09 bits per heavy atom. The summed E-state index contributed by atoms with van der Waals surface area (Å²) in [5, 5.41) is 0.467. The number of unbranched alkanes of at least 4 members (excludes halogenated alkanes) is 2. The van der Waals surface area contributed by atoms with Gasteiger partial charge in [-0.05, 0) is 38.3 Å². The van der Waals surface area contributed by atoms with Crippen molar-refractivity contribution < 1.29 is 16.8 Å². The van der Waals surface area contributed by atoms with Crippen LogP contribution in [0.5, 0.6) is 0 Å². The normalized spacial score (nSPS) is 23.5. The maximum absolute atomic E-state index is 12.0. The molecule has 0 unspecified atom stereocenters. The Labute approximate surface area is 138 Å². The van der Waals surface area contributed by atoms with Crippen LogP contribution in [0.2, 0.25) is 0 Å². The zero-order chi connectivity index (χ0) is 16.9. The van der Waals surface area contributed by atoms with Crippen LogP contribution in [0.4, 0.5) is 0 Å². The average molecular weight is 354 g/mol. The van der Waals surface area contributed by atoms with Crippen molar-refractivity contribution >= 4 is 19.7 Å². The van der Waals surface area contributed by atoms with Crippen LogP contribution >= 0.6 is 0 Å². The van der Waals surface area contributed by atoms with Crippen LogP contribution in [0, 0.1) is 0 Å². The molecule has 0 saturated carbocycles. The summed E-state index contributed by atoms with van der Waals surface area (Å²) in [5.41, 5.74) is 0. The zero-order valence-electron chi connectivity index (χ0n) is 13.1. The van der Waals surface area contributed by atoms with Crippen molar-refractivity contribution in [1.82, 2.24) is 0 Å². The minimum atomic E-state index is -3.38. The Balaban J connectivity index is 1.77. The van der Waals surface area contributed by atoms with Crippen LogP contribution in [-0.4, -0.2) is 27.3 Å². The molecule has 23 heavy (non-hydrogen) atoms. The molecule has 2 rings (SSSR count). The molecular formula is C17H22O4S2. The van der Waals surface area contributed by atoms with Crippen molar-refractivity contribution in [3.05, 3.63) is 54.0 Å². The Bertz CT molecular complexity index is 775. The van der Waals surface area contributed by atoms with Gasteiger partial charge in [-0.1, -0.05) is 42.8 Å². The predicted molar refractivity (Wildman–Crippen MR) is 92.5 cm³/mol. The fraction of sp³-hybridized carbons (Fsp3) is 0.412. The van der Waals surface area contributed by atoms with Gasteiger partial charge in [0.15, 0.2) is 19.7 Å². The molecular weight excluding hydrogens is 332 g/mol. The van der Waals surface area contributed by atoms with Gasteiger partial charge in [0.1, 0.15) is 0 Å². The van der Waals surface area contributed by atoms with E-state index in [1.165, 1.54) is 5.41 Å². The molecule has 0 radical (unpaired) electrons. The van der Waals surface area contributed by atoms with Crippen LogP contribution in [0.3, 0.4) is 0 Å². The van der Waals surface area contributed by atoms with E-state index in [9.17, 15) is 16.8 Å². The SMILES string of the molecule is C[C@@H]1C=C[C@H](CCCC/C=C\S(=O)(=O)c2ccccc2)S1(=O)=O. The third kappa shape index (κ3) is 4.54. The van der Waals surface area contributed by atoms with E-state index in [4.69, 9.17) is 0 Å². The van der Waals surface area contributed by atoms with Crippen molar-refractivity contribution in [2.24, 2.45) is 0 Å². The zero-order valence-corrected chi connectivity index (χ0v) is 14.8. The molecule has 126 valence electrons. The topological polar surface area (TPSA) is 68.3 Å². The van der Waals surface area contributed by atoms with E-state index in [-0.39, 0.29) is 15.4 Å². The first-order valence-electron chi connectivity index (χ1n) is 7.72. The first kappa shape index (κ1) is 17.9. The Kier molecular flexibility index (Phi) is 5.81. The maximum atomic E-state index is 12.0. The van der Waals surface area contributed by atoms with Crippen molar-refractivity contribution in [3.8, 4) is 0 Å². The Morgan fingerprint density at radius 3 is 2.39 bits per heavy atom. The van der Waals surface area contributed by atoms with Crippen molar-refractivity contribution in [2.75, 3.05) is 0 Å². The van der Waals surface area contributed by atoms with E-state index in [1.54, 1.807) is 55.5 Å². The molecule has 1 heterocycles. The monoisotopic (exact) mass is 354 g/mol. The van der Waals surface area contributed by atoms with Crippen molar-refractivity contribution in [2.45, 2.75) is 48.0 Å². The highest BCUT2D eigenvalue weighted by molar-refractivity contribution is 7.94. The third-order valence-electron chi connectivity index (χ3n) is 3.99. The van der Waals surface area contributed by atoms with Gasteiger partial charge in [0.2, 0.25) is 0 Å². The number of hydrogen-bond donors (Lipinski definition) is 0. The lowest BCUT2D eigenvalue weighted by Crippen LogP contribution is -2.21. The lowest BCUT2D eigenvalue weighted by Gasteiger charge is -2.10. The van der Waals surface area contributed by atoms with Gasteiger partial charge < -0.3 is 0 Å². The number of hydrogen-bond acceptors (Lipinski definition) is 4. The molecule has 0 spiro atoms. The lowest BCUT2D eigenvalue weighted by atomic mass is 10.1. The molecule has 0 fully saturated rings. The number of benzene rings is 1. The highest BCUT2D eigenvalue weighted by atomic mass is 32.2. The molecule has 0 saturated heterocycles. The summed E-state index contributed by atoms with van der Waals surface area (Å²) in [6.07, 6.45) is 7.91. The van der Waals surface area contributed by atoms with Gasteiger partial charge in [0.05, 0.1) is 15.4 Å². The van der Waals surface area contributed by atoms with E-state index >= 15 is 0 Å². The molecule has 2 atom stereocenters.